The highest BCUT2D eigenvalue weighted by molar-refractivity contribution is 5.90. The molecule has 1 aromatic heterocycles. The predicted molar refractivity (Wildman–Crippen MR) is 74.8 cm³/mol. The van der Waals surface area contributed by atoms with Gasteiger partial charge in [-0.05, 0) is 30.5 Å². The van der Waals surface area contributed by atoms with Crippen LogP contribution in [0.4, 0.5) is 5.69 Å². The van der Waals surface area contributed by atoms with Crippen molar-refractivity contribution >= 4 is 16.6 Å². The zero-order chi connectivity index (χ0) is 12.6. The number of fused-ring (bicyclic) bond motifs is 1. The lowest BCUT2D eigenvalue weighted by Gasteiger charge is -2.40. The van der Waals surface area contributed by atoms with Gasteiger partial charge >= 0.3 is 0 Å². The van der Waals surface area contributed by atoms with E-state index in [0.29, 0.717) is 6.04 Å². The first-order valence-electron chi connectivity index (χ1n) is 6.56. The molecule has 1 aliphatic rings. The molecule has 0 bridgehead atoms. The van der Waals surface area contributed by atoms with Crippen LogP contribution >= 0.6 is 0 Å². The molecule has 0 radical (unpaired) electrons. The number of piperidine rings is 1. The van der Waals surface area contributed by atoms with E-state index in [2.05, 4.69) is 52.9 Å². The van der Waals surface area contributed by atoms with Crippen molar-refractivity contribution < 1.29 is 0 Å². The number of aromatic amines is 1. The van der Waals surface area contributed by atoms with Crippen LogP contribution in [-0.4, -0.2) is 29.3 Å². The molecule has 1 saturated heterocycles. The summed E-state index contributed by atoms with van der Waals surface area (Å²) < 4.78 is 0. The molecule has 0 saturated carbocycles. The number of hydrogen-bond donors (Lipinski definition) is 3. The minimum absolute atomic E-state index is 0.268. The van der Waals surface area contributed by atoms with E-state index in [1.165, 1.54) is 11.1 Å². The van der Waals surface area contributed by atoms with Crippen molar-refractivity contribution in [2.75, 3.05) is 18.4 Å². The Kier molecular flexibility index (Phi) is 2.74. The molecule has 1 fully saturated rings. The smallest absolute Gasteiger partial charge is 0.0671 e. The van der Waals surface area contributed by atoms with Crippen LogP contribution in [0.15, 0.2) is 24.4 Å². The van der Waals surface area contributed by atoms with Gasteiger partial charge in [-0.2, -0.15) is 5.10 Å². The average molecular weight is 244 g/mol. The lowest BCUT2D eigenvalue weighted by molar-refractivity contribution is 0.237. The zero-order valence-electron chi connectivity index (χ0n) is 11.0. The molecule has 2 heterocycles. The SMILES string of the molecule is CC1(C)CNCCC1Nc1cccc2[nH]ncc12. The van der Waals surface area contributed by atoms with E-state index in [9.17, 15) is 0 Å². The third-order valence-electron chi connectivity index (χ3n) is 3.95. The minimum atomic E-state index is 0.268. The maximum atomic E-state index is 4.11. The Morgan fingerprint density at radius 2 is 2.28 bits per heavy atom. The van der Waals surface area contributed by atoms with Crippen LogP contribution in [-0.2, 0) is 0 Å². The fraction of sp³-hybridized carbons (Fsp3) is 0.500. The highest BCUT2D eigenvalue weighted by Gasteiger charge is 2.32. The summed E-state index contributed by atoms with van der Waals surface area (Å²) in [4.78, 5) is 0. The van der Waals surface area contributed by atoms with Crippen molar-refractivity contribution in [1.82, 2.24) is 15.5 Å². The summed E-state index contributed by atoms with van der Waals surface area (Å²) in [6.07, 6.45) is 3.05. The van der Waals surface area contributed by atoms with Gasteiger partial charge in [-0.1, -0.05) is 19.9 Å². The van der Waals surface area contributed by atoms with E-state index in [0.717, 1.165) is 25.0 Å². The second kappa shape index (κ2) is 4.28. The van der Waals surface area contributed by atoms with Gasteiger partial charge in [-0.25, -0.2) is 0 Å². The topological polar surface area (TPSA) is 52.7 Å². The van der Waals surface area contributed by atoms with Crippen LogP contribution in [0.25, 0.3) is 10.9 Å². The lowest BCUT2D eigenvalue weighted by atomic mass is 9.80. The van der Waals surface area contributed by atoms with Crippen LogP contribution in [0.3, 0.4) is 0 Å². The van der Waals surface area contributed by atoms with Crippen LogP contribution in [0.5, 0.6) is 0 Å². The molecular weight excluding hydrogens is 224 g/mol. The van der Waals surface area contributed by atoms with E-state index in [4.69, 9.17) is 0 Å². The first-order valence-corrected chi connectivity index (χ1v) is 6.56. The Balaban J connectivity index is 1.89. The number of H-pyrrole nitrogens is 1. The summed E-state index contributed by atoms with van der Waals surface area (Å²) in [7, 11) is 0. The predicted octanol–water partition coefficient (Wildman–Crippen LogP) is 2.36. The van der Waals surface area contributed by atoms with Crippen molar-refractivity contribution in [3.8, 4) is 0 Å². The fourth-order valence-corrected chi connectivity index (χ4v) is 2.72. The van der Waals surface area contributed by atoms with Crippen LogP contribution in [0.2, 0.25) is 0 Å². The van der Waals surface area contributed by atoms with Gasteiger partial charge in [-0.3, -0.25) is 5.10 Å². The van der Waals surface area contributed by atoms with E-state index in [1.54, 1.807) is 0 Å². The van der Waals surface area contributed by atoms with Crippen molar-refractivity contribution in [2.45, 2.75) is 26.3 Å². The number of aromatic nitrogens is 2. The van der Waals surface area contributed by atoms with Gasteiger partial charge in [-0.15, -0.1) is 0 Å². The van der Waals surface area contributed by atoms with Gasteiger partial charge in [0, 0.05) is 23.7 Å². The third-order valence-corrected chi connectivity index (χ3v) is 3.95. The van der Waals surface area contributed by atoms with E-state index in [-0.39, 0.29) is 5.41 Å². The molecule has 1 unspecified atom stereocenters. The fourth-order valence-electron chi connectivity index (χ4n) is 2.72. The summed E-state index contributed by atoms with van der Waals surface area (Å²) in [6, 6.07) is 6.76. The Bertz CT molecular complexity index is 543. The molecule has 1 aliphatic heterocycles. The summed E-state index contributed by atoms with van der Waals surface area (Å²) in [5.74, 6) is 0. The number of anilines is 1. The summed E-state index contributed by atoms with van der Waals surface area (Å²) >= 11 is 0. The van der Waals surface area contributed by atoms with Gasteiger partial charge in [0.2, 0.25) is 0 Å². The molecule has 3 N–H and O–H groups in total. The number of nitrogens with one attached hydrogen (secondary N) is 3. The molecule has 0 spiro atoms. The summed E-state index contributed by atoms with van der Waals surface area (Å²) in [5.41, 5.74) is 2.54. The largest absolute Gasteiger partial charge is 0.381 e. The molecule has 4 nitrogen and oxygen atoms in total. The molecule has 4 heteroatoms. The normalized spacial score (nSPS) is 23.1. The second-order valence-corrected chi connectivity index (χ2v) is 5.79. The molecule has 1 atom stereocenters. The third kappa shape index (κ3) is 1.97. The summed E-state index contributed by atoms with van der Waals surface area (Å²) in [6.45, 7) is 6.77. The van der Waals surface area contributed by atoms with Crippen LogP contribution in [0.1, 0.15) is 20.3 Å². The Hall–Kier alpha value is -1.55. The van der Waals surface area contributed by atoms with E-state index >= 15 is 0 Å². The maximum Gasteiger partial charge on any atom is 0.0671 e. The zero-order valence-corrected chi connectivity index (χ0v) is 11.0. The first-order chi connectivity index (χ1) is 8.67. The highest BCUT2D eigenvalue weighted by atomic mass is 15.1. The number of hydrogen-bond acceptors (Lipinski definition) is 3. The van der Waals surface area contributed by atoms with Gasteiger partial charge in [0.1, 0.15) is 0 Å². The van der Waals surface area contributed by atoms with Crippen molar-refractivity contribution in [1.29, 1.82) is 0 Å². The Labute approximate surface area is 107 Å². The second-order valence-electron chi connectivity index (χ2n) is 5.79. The first kappa shape index (κ1) is 11.5. The van der Waals surface area contributed by atoms with Gasteiger partial charge in [0.15, 0.2) is 0 Å². The Morgan fingerprint density at radius 3 is 3.11 bits per heavy atom. The van der Waals surface area contributed by atoms with E-state index < -0.39 is 0 Å². The lowest BCUT2D eigenvalue weighted by Crippen LogP contribution is -2.49. The number of rotatable bonds is 2. The molecular formula is C14H20N4. The average Bonchev–Trinajstić information content (AvgIpc) is 2.81. The van der Waals surface area contributed by atoms with Crippen molar-refractivity contribution in [2.24, 2.45) is 5.41 Å². The number of nitrogens with zero attached hydrogens (tertiary/aromatic N) is 1. The van der Waals surface area contributed by atoms with Crippen LogP contribution < -0.4 is 10.6 Å². The molecule has 1 aromatic carbocycles. The maximum absolute atomic E-state index is 4.11. The molecule has 96 valence electrons. The van der Waals surface area contributed by atoms with Crippen LogP contribution in [0, 0.1) is 5.41 Å². The Morgan fingerprint density at radius 1 is 1.39 bits per heavy atom. The highest BCUT2D eigenvalue weighted by Crippen LogP contribution is 2.30. The molecule has 18 heavy (non-hydrogen) atoms. The standard InChI is InChI=1S/C14H20N4/c1-14(2)9-15-7-6-13(14)17-11-4-3-5-12-10(11)8-16-18-12/h3-5,8,13,15,17H,6-7,9H2,1-2H3,(H,16,18). The van der Waals surface area contributed by atoms with Gasteiger partial charge in [0.25, 0.3) is 0 Å². The van der Waals surface area contributed by atoms with Crippen molar-refractivity contribution in [3.63, 3.8) is 0 Å². The summed E-state index contributed by atoms with van der Waals surface area (Å²) in [5, 5.41) is 15.5. The van der Waals surface area contributed by atoms with Crippen molar-refractivity contribution in [3.05, 3.63) is 24.4 Å². The molecule has 0 aliphatic carbocycles. The van der Waals surface area contributed by atoms with E-state index in [1.807, 2.05) is 6.20 Å². The monoisotopic (exact) mass is 244 g/mol. The van der Waals surface area contributed by atoms with Gasteiger partial charge in [0.05, 0.1) is 11.7 Å². The molecule has 2 aromatic rings. The quantitative estimate of drug-likeness (QED) is 0.760. The molecule has 3 rings (SSSR count). The number of benzene rings is 1. The minimum Gasteiger partial charge on any atom is -0.381 e. The van der Waals surface area contributed by atoms with Gasteiger partial charge < -0.3 is 10.6 Å². The molecule has 0 amide bonds.